The molecular formula is C14H20N2O3. The Morgan fingerprint density at radius 3 is 2.79 bits per heavy atom. The number of para-hydroxylation sites is 2. The Morgan fingerprint density at radius 2 is 2.16 bits per heavy atom. The molecule has 0 aromatic heterocycles. The largest absolute Gasteiger partial charge is 0.495 e. The zero-order valence-electron chi connectivity index (χ0n) is 11.6. The van der Waals surface area contributed by atoms with Crippen LogP contribution in [0, 0.1) is 0 Å². The first-order valence-corrected chi connectivity index (χ1v) is 6.32. The molecule has 1 aliphatic heterocycles. The number of rotatable bonds is 3. The summed E-state index contributed by atoms with van der Waals surface area (Å²) in [7, 11) is 1.59. The molecule has 0 spiro atoms. The molecule has 1 amide bonds. The van der Waals surface area contributed by atoms with Gasteiger partial charge in [-0.1, -0.05) is 12.1 Å². The monoisotopic (exact) mass is 264 g/mol. The summed E-state index contributed by atoms with van der Waals surface area (Å²) in [5.41, 5.74) is 5.57. The van der Waals surface area contributed by atoms with Gasteiger partial charge in [-0.2, -0.15) is 0 Å². The number of carbonyl (C=O) groups is 1. The fourth-order valence-electron chi connectivity index (χ4n) is 2.30. The van der Waals surface area contributed by atoms with Crippen molar-refractivity contribution in [2.24, 2.45) is 5.73 Å². The summed E-state index contributed by atoms with van der Waals surface area (Å²) in [5.74, 6) is 0.589. The Labute approximate surface area is 113 Å². The minimum atomic E-state index is -0.872. The van der Waals surface area contributed by atoms with Gasteiger partial charge in [-0.05, 0) is 26.0 Å². The SMILES string of the molecule is COc1ccccc1N1CC(CN)OC(C)(C)C1=O. The topological polar surface area (TPSA) is 64.8 Å². The van der Waals surface area contributed by atoms with Crippen LogP contribution >= 0.6 is 0 Å². The van der Waals surface area contributed by atoms with Crippen LogP contribution in [0.2, 0.25) is 0 Å². The Bertz CT molecular complexity index is 474. The summed E-state index contributed by atoms with van der Waals surface area (Å²) in [6, 6.07) is 7.46. The molecule has 5 heteroatoms. The van der Waals surface area contributed by atoms with Crippen LogP contribution in [-0.4, -0.2) is 37.8 Å². The van der Waals surface area contributed by atoms with Crippen molar-refractivity contribution in [3.8, 4) is 5.75 Å². The molecule has 1 aromatic rings. The zero-order valence-corrected chi connectivity index (χ0v) is 11.6. The number of methoxy groups -OCH3 is 1. The maximum atomic E-state index is 12.5. The van der Waals surface area contributed by atoms with E-state index >= 15 is 0 Å². The fraction of sp³-hybridized carbons (Fsp3) is 0.500. The summed E-state index contributed by atoms with van der Waals surface area (Å²) >= 11 is 0. The minimum absolute atomic E-state index is 0.0818. The number of amides is 1. The molecule has 0 saturated carbocycles. The van der Waals surface area contributed by atoms with E-state index in [1.54, 1.807) is 25.9 Å². The van der Waals surface area contributed by atoms with Gasteiger partial charge in [-0.25, -0.2) is 0 Å². The first-order chi connectivity index (χ1) is 8.99. The third kappa shape index (κ3) is 2.57. The van der Waals surface area contributed by atoms with Gasteiger partial charge < -0.3 is 20.1 Å². The van der Waals surface area contributed by atoms with Crippen molar-refractivity contribution in [1.82, 2.24) is 0 Å². The molecule has 1 atom stereocenters. The van der Waals surface area contributed by atoms with Crippen LogP contribution in [0.25, 0.3) is 0 Å². The van der Waals surface area contributed by atoms with E-state index in [0.717, 1.165) is 5.69 Å². The van der Waals surface area contributed by atoms with Crippen molar-refractivity contribution < 1.29 is 14.3 Å². The lowest BCUT2D eigenvalue weighted by molar-refractivity contribution is -0.153. The van der Waals surface area contributed by atoms with Crippen molar-refractivity contribution in [3.05, 3.63) is 24.3 Å². The smallest absolute Gasteiger partial charge is 0.258 e. The van der Waals surface area contributed by atoms with E-state index in [9.17, 15) is 4.79 Å². The zero-order chi connectivity index (χ0) is 14.0. The van der Waals surface area contributed by atoms with Crippen molar-refractivity contribution >= 4 is 11.6 Å². The highest BCUT2D eigenvalue weighted by molar-refractivity contribution is 6.00. The van der Waals surface area contributed by atoms with E-state index in [4.69, 9.17) is 15.2 Å². The predicted octanol–water partition coefficient (Wildman–Crippen LogP) is 1.16. The molecule has 2 rings (SSSR count). The lowest BCUT2D eigenvalue weighted by Crippen LogP contribution is -2.59. The molecule has 1 unspecified atom stereocenters. The molecule has 0 bridgehead atoms. The summed E-state index contributed by atoms with van der Waals surface area (Å²) in [6.07, 6.45) is -0.169. The molecule has 19 heavy (non-hydrogen) atoms. The molecule has 1 aromatic carbocycles. The second-order valence-electron chi connectivity index (χ2n) is 5.07. The highest BCUT2D eigenvalue weighted by atomic mass is 16.5. The average molecular weight is 264 g/mol. The molecule has 0 aliphatic carbocycles. The number of hydrogen-bond acceptors (Lipinski definition) is 4. The Kier molecular flexibility index (Phi) is 3.78. The van der Waals surface area contributed by atoms with E-state index in [0.29, 0.717) is 18.8 Å². The van der Waals surface area contributed by atoms with E-state index in [2.05, 4.69) is 0 Å². The third-order valence-electron chi connectivity index (χ3n) is 3.25. The lowest BCUT2D eigenvalue weighted by atomic mass is 10.0. The average Bonchev–Trinajstić information content (AvgIpc) is 2.41. The fourth-order valence-corrected chi connectivity index (χ4v) is 2.30. The quantitative estimate of drug-likeness (QED) is 0.890. The summed E-state index contributed by atoms with van der Waals surface area (Å²) < 4.78 is 11.0. The Morgan fingerprint density at radius 1 is 1.47 bits per heavy atom. The number of nitrogens with zero attached hydrogens (tertiary/aromatic N) is 1. The van der Waals surface area contributed by atoms with Gasteiger partial charge in [0.1, 0.15) is 11.4 Å². The van der Waals surface area contributed by atoms with Gasteiger partial charge in [-0.15, -0.1) is 0 Å². The Balaban J connectivity index is 2.39. The van der Waals surface area contributed by atoms with Crippen molar-refractivity contribution in [2.75, 3.05) is 25.1 Å². The first kappa shape index (κ1) is 13.8. The molecule has 1 saturated heterocycles. The van der Waals surface area contributed by atoms with E-state index in [-0.39, 0.29) is 12.0 Å². The highest BCUT2D eigenvalue weighted by Crippen LogP contribution is 2.33. The maximum absolute atomic E-state index is 12.5. The number of morpholine rings is 1. The third-order valence-corrected chi connectivity index (χ3v) is 3.25. The van der Waals surface area contributed by atoms with Gasteiger partial charge in [-0.3, -0.25) is 4.79 Å². The number of ether oxygens (including phenoxy) is 2. The van der Waals surface area contributed by atoms with Gasteiger partial charge in [0.25, 0.3) is 5.91 Å². The van der Waals surface area contributed by atoms with Gasteiger partial charge in [0, 0.05) is 6.54 Å². The van der Waals surface area contributed by atoms with Crippen LogP contribution in [0.3, 0.4) is 0 Å². The van der Waals surface area contributed by atoms with Crippen LogP contribution in [0.5, 0.6) is 5.75 Å². The normalized spacial score (nSPS) is 22.4. The summed E-state index contributed by atoms with van der Waals surface area (Å²) in [4.78, 5) is 14.2. The number of hydrogen-bond donors (Lipinski definition) is 1. The predicted molar refractivity (Wildman–Crippen MR) is 73.4 cm³/mol. The van der Waals surface area contributed by atoms with Crippen molar-refractivity contribution in [1.29, 1.82) is 0 Å². The van der Waals surface area contributed by atoms with Crippen LogP contribution in [0.15, 0.2) is 24.3 Å². The van der Waals surface area contributed by atoms with Crippen LogP contribution in [-0.2, 0) is 9.53 Å². The van der Waals surface area contributed by atoms with Gasteiger partial charge in [0.05, 0.1) is 25.4 Å². The first-order valence-electron chi connectivity index (χ1n) is 6.32. The second kappa shape index (κ2) is 5.19. The number of benzene rings is 1. The minimum Gasteiger partial charge on any atom is -0.495 e. The molecule has 0 radical (unpaired) electrons. The number of carbonyl (C=O) groups excluding carboxylic acids is 1. The standard InChI is InChI=1S/C14H20N2O3/c1-14(2)13(17)16(9-10(8-15)19-14)11-6-4-5-7-12(11)18-3/h4-7,10H,8-9,15H2,1-3H3. The van der Waals surface area contributed by atoms with Crippen LogP contribution in [0.4, 0.5) is 5.69 Å². The summed E-state index contributed by atoms with van der Waals surface area (Å²) in [6.45, 7) is 4.35. The van der Waals surface area contributed by atoms with E-state index in [1.165, 1.54) is 0 Å². The highest BCUT2D eigenvalue weighted by Gasteiger charge is 2.42. The Hall–Kier alpha value is -1.59. The van der Waals surface area contributed by atoms with Gasteiger partial charge >= 0.3 is 0 Å². The number of anilines is 1. The van der Waals surface area contributed by atoms with Gasteiger partial charge in [0.15, 0.2) is 0 Å². The van der Waals surface area contributed by atoms with E-state index < -0.39 is 5.60 Å². The van der Waals surface area contributed by atoms with Gasteiger partial charge in [0.2, 0.25) is 0 Å². The van der Waals surface area contributed by atoms with Crippen LogP contribution < -0.4 is 15.4 Å². The molecule has 104 valence electrons. The summed E-state index contributed by atoms with van der Waals surface area (Å²) in [5, 5.41) is 0. The molecule has 1 heterocycles. The number of nitrogens with two attached hydrogens (primary N) is 1. The lowest BCUT2D eigenvalue weighted by Gasteiger charge is -2.41. The molecular weight excluding hydrogens is 244 g/mol. The maximum Gasteiger partial charge on any atom is 0.258 e. The molecule has 5 nitrogen and oxygen atoms in total. The van der Waals surface area contributed by atoms with Crippen molar-refractivity contribution in [2.45, 2.75) is 25.6 Å². The second-order valence-corrected chi connectivity index (χ2v) is 5.07. The molecule has 2 N–H and O–H groups in total. The van der Waals surface area contributed by atoms with Crippen LogP contribution in [0.1, 0.15) is 13.8 Å². The molecule has 1 aliphatic rings. The van der Waals surface area contributed by atoms with Crippen molar-refractivity contribution in [3.63, 3.8) is 0 Å². The molecule has 1 fully saturated rings. The van der Waals surface area contributed by atoms with E-state index in [1.807, 2.05) is 24.3 Å².